The molecule has 2 aromatic rings. The van der Waals surface area contributed by atoms with Gasteiger partial charge in [0.05, 0.1) is 38.6 Å². The average Bonchev–Trinajstić information content (AvgIpc) is 2.96. The van der Waals surface area contributed by atoms with Crippen molar-refractivity contribution in [2.45, 2.75) is 18.7 Å². The second-order valence-corrected chi connectivity index (χ2v) is 8.42. The lowest BCUT2D eigenvalue weighted by molar-refractivity contribution is -0.857. The van der Waals surface area contributed by atoms with E-state index in [1.807, 2.05) is 21.0 Å². The molecule has 142 valence electrons. The van der Waals surface area contributed by atoms with Crippen molar-refractivity contribution in [3.05, 3.63) is 41.7 Å². The maximum atomic E-state index is 13.0. The number of rotatable bonds is 8. The Hall–Kier alpha value is -2.23. The van der Waals surface area contributed by atoms with Crippen LogP contribution in [0.15, 0.2) is 39.8 Å². The van der Waals surface area contributed by atoms with Crippen molar-refractivity contribution >= 4 is 21.7 Å². The van der Waals surface area contributed by atoms with Gasteiger partial charge in [-0.2, -0.15) is 4.31 Å². The molecule has 2 rings (SSSR count). The molecule has 0 bridgehead atoms. The molecular weight excluding hydrogens is 356 g/mol. The Bertz CT molecular complexity index is 844. The van der Waals surface area contributed by atoms with Crippen molar-refractivity contribution in [2.24, 2.45) is 0 Å². The maximum absolute atomic E-state index is 13.0. The minimum absolute atomic E-state index is 0.168. The van der Waals surface area contributed by atoms with E-state index in [9.17, 15) is 13.2 Å². The number of carbonyl (C=O) groups is 1. The van der Waals surface area contributed by atoms with Gasteiger partial charge >= 0.3 is 0 Å². The molecule has 9 heteroatoms. The topological polar surface area (TPSA) is 97.0 Å². The Morgan fingerprint density at radius 3 is 2.42 bits per heavy atom. The van der Waals surface area contributed by atoms with Gasteiger partial charge in [-0.05, 0) is 26.0 Å². The van der Waals surface area contributed by atoms with Crippen molar-refractivity contribution in [3.63, 3.8) is 0 Å². The molecule has 8 nitrogen and oxygen atoms in total. The van der Waals surface area contributed by atoms with Crippen molar-refractivity contribution in [1.29, 1.82) is 0 Å². The fraction of sp³-hybridized carbons (Fsp3) is 0.412. The first kappa shape index (κ1) is 20.1. The lowest BCUT2D eigenvalue weighted by Gasteiger charge is -2.22. The zero-order valence-corrected chi connectivity index (χ0v) is 16.3. The Morgan fingerprint density at radius 1 is 1.23 bits per heavy atom. The van der Waals surface area contributed by atoms with Crippen LogP contribution in [0, 0.1) is 13.8 Å². The zero-order chi connectivity index (χ0) is 19.3. The highest BCUT2D eigenvalue weighted by atomic mass is 32.2. The lowest BCUT2D eigenvalue weighted by atomic mass is 10.2. The molecule has 0 unspecified atom stereocenters. The van der Waals surface area contributed by atoms with E-state index < -0.39 is 15.9 Å². The molecule has 1 aromatic carbocycles. The van der Waals surface area contributed by atoms with Gasteiger partial charge in [-0.15, -0.1) is 0 Å². The molecule has 1 aromatic heterocycles. The van der Waals surface area contributed by atoms with Crippen molar-refractivity contribution in [1.82, 2.24) is 9.46 Å². The van der Waals surface area contributed by atoms with Crippen LogP contribution in [-0.4, -0.2) is 57.5 Å². The smallest absolute Gasteiger partial charge is 0.243 e. The van der Waals surface area contributed by atoms with Gasteiger partial charge in [0.15, 0.2) is 5.82 Å². The van der Waals surface area contributed by atoms with Crippen LogP contribution in [0.3, 0.4) is 0 Å². The summed E-state index contributed by atoms with van der Waals surface area (Å²) < 4.78 is 32.0. The van der Waals surface area contributed by atoms with E-state index in [4.69, 9.17) is 4.52 Å². The minimum Gasteiger partial charge on any atom is -0.360 e. The van der Waals surface area contributed by atoms with Crippen LogP contribution in [0.25, 0.3) is 0 Å². The first-order chi connectivity index (χ1) is 12.2. The molecule has 0 saturated carbocycles. The fourth-order valence-electron chi connectivity index (χ4n) is 2.26. The number of quaternary nitrogens is 1. The van der Waals surface area contributed by atoms with Gasteiger partial charge in [-0.1, -0.05) is 22.9 Å². The first-order valence-electron chi connectivity index (χ1n) is 8.27. The molecular formula is C17H25N4O4S+. The molecule has 0 aliphatic heterocycles. The molecule has 0 saturated heterocycles. The summed E-state index contributed by atoms with van der Waals surface area (Å²) in [5.41, 5.74) is 0.965. The fourth-order valence-corrected chi connectivity index (χ4v) is 3.66. The molecule has 0 radical (unpaired) electrons. The largest absolute Gasteiger partial charge is 0.360 e. The SMILES string of the molecule is Cc1ccc(S(=O)(=O)N(CC[NH+](C)C)CC(=O)Nc2cc(C)on2)cc1. The number of nitrogens with zero attached hydrogens (tertiary/aromatic N) is 2. The monoisotopic (exact) mass is 381 g/mol. The van der Waals surface area contributed by atoms with Crippen molar-refractivity contribution in [2.75, 3.05) is 39.0 Å². The van der Waals surface area contributed by atoms with E-state index in [0.29, 0.717) is 12.3 Å². The van der Waals surface area contributed by atoms with Crippen LogP contribution in [0.5, 0.6) is 0 Å². The number of likely N-dealkylation sites (N-methyl/N-ethyl adjacent to an activating group) is 1. The highest BCUT2D eigenvalue weighted by Gasteiger charge is 2.27. The number of aromatic nitrogens is 1. The van der Waals surface area contributed by atoms with Gasteiger partial charge in [-0.3, -0.25) is 4.79 Å². The van der Waals surface area contributed by atoms with Crippen LogP contribution in [0.1, 0.15) is 11.3 Å². The summed E-state index contributed by atoms with van der Waals surface area (Å²) in [5.74, 6) is 0.349. The third kappa shape index (κ3) is 5.38. The predicted octanol–water partition coefficient (Wildman–Crippen LogP) is 0.0653. The summed E-state index contributed by atoms with van der Waals surface area (Å²) in [6, 6.07) is 8.15. The molecule has 26 heavy (non-hydrogen) atoms. The quantitative estimate of drug-likeness (QED) is 0.674. The van der Waals surface area contributed by atoms with Crippen LogP contribution < -0.4 is 10.2 Å². The summed E-state index contributed by atoms with van der Waals surface area (Å²) in [4.78, 5) is 13.6. The highest BCUT2D eigenvalue weighted by molar-refractivity contribution is 7.89. The highest BCUT2D eigenvalue weighted by Crippen LogP contribution is 2.16. The number of nitrogens with one attached hydrogen (secondary N) is 2. The van der Waals surface area contributed by atoms with E-state index >= 15 is 0 Å². The number of anilines is 1. The van der Waals surface area contributed by atoms with Gasteiger partial charge in [0.1, 0.15) is 5.76 Å². The van der Waals surface area contributed by atoms with Crippen LogP contribution in [-0.2, 0) is 14.8 Å². The van der Waals surface area contributed by atoms with Gasteiger partial charge in [0, 0.05) is 6.07 Å². The van der Waals surface area contributed by atoms with E-state index in [-0.39, 0.29) is 23.8 Å². The normalized spacial score (nSPS) is 11.9. The number of aryl methyl sites for hydroxylation is 2. The second kappa shape index (κ2) is 8.43. The van der Waals surface area contributed by atoms with E-state index in [2.05, 4.69) is 10.5 Å². The molecule has 0 atom stereocenters. The summed E-state index contributed by atoms with van der Waals surface area (Å²) in [6.07, 6.45) is 0. The zero-order valence-electron chi connectivity index (χ0n) is 15.4. The van der Waals surface area contributed by atoms with Gasteiger partial charge < -0.3 is 14.7 Å². The van der Waals surface area contributed by atoms with E-state index in [1.54, 1.807) is 37.3 Å². The molecule has 2 N–H and O–H groups in total. The number of benzene rings is 1. The number of amides is 1. The Labute approximate surface area is 153 Å². The van der Waals surface area contributed by atoms with Gasteiger partial charge in [0.25, 0.3) is 0 Å². The summed E-state index contributed by atoms with van der Waals surface area (Å²) in [5, 5.41) is 6.25. The molecule has 0 aliphatic rings. The molecule has 0 aliphatic carbocycles. The number of sulfonamides is 1. The van der Waals surface area contributed by atoms with E-state index in [0.717, 1.165) is 10.5 Å². The summed E-state index contributed by atoms with van der Waals surface area (Å²) >= 11 is 0. The van der Waals surface area contributed by atoms with Crippen LogP contribution >= 0.6 is 0 Å². The van der Waals surface area contributed by atoms with Crippen LogP contribution in [0.2, 0.25) is 0 Å². The lowest BCUT2D eigenvalue weighted by Crippen LogP contribution is -3.06. The van der Waals surface area contributed by atoms with Gasteiger partial charge in [0.2, 0.25) is 15.9 Å². The van der Waals surface area contributed by atoms with E-state index in [1.165, 1.54) is 4.31 Å². The third-order valence-electron chi connectivity index (χ3n) is 3.74. The van der Waals surface area contributed by atoms with Crippen molar-refractivity contribution in [3.8, 4) is 0 Å². The van der Waals surface area contributed by atoms with Gasteiger partial charge in [-0.25, -0.2) is 8.42 Å². The minimum atomic E-state index is -3.78. The Balaban J connectivity index is 2.18. The molecule has 1 amide bonds. The first-order valence-corrected chi connectivity index (χ1v) is 9.71. The van der Waals surface area contributed by atoms with Crippen molar-refractivity contribution < 1.29 is 22.6 Å². The maximum Gasteiger partial charge on any atom is 0.243 e. The summed E-state index contributed by atoms with van der Waals surface area (Å²) in [7, 11) is 0.0707. The number of carbonyl (C=O) groups excluding carboxylic acids is 1. The molecule has 1 heterocycles. The average molecular weight is 381 g/mol. The van der Waals surface area contributed by atoms with Crippen LogP contribution in [0.4, 0.5) is 5.82 Å². The number of hydrogen-bond acceptors (Lipinski definition) is 5. The molecule has 0 spiro atoms. The Morgan fingerprint density at radius 2 is 1.88 bits per heavy atom. The number of hydrogen-bond donors (Lipinski definition) is 2. The standard InChI is InChI=1S/C17H24N4O4S/c1-13-5-7-15(8-6-13)26(23,24)21(10-9-20(3)4)12-17(22)18-16-11-14(2)25-19-16/h5-8,11H,9-10,12H2,1-4H3,(H,18,19,22)/p+1. The third-order valence-corrected chi connectivity index (χ3v) is 5.59. The predicted molar refractivity (Wildman–Crippen MR) is 97.5 cm³/mol. The second-order valence-electron chi connectivity index (χ2n) is 6.48. The summed E-state index contributed by atoms with van der Waals surface area (Å²) in [6.45, 7) is 4.09. The Kier molecular flexibility index (Phi) is 6.52. The molecule has 0 fully saturated rings.